The van der Waals surface area contributed by atoms with Crippen LogP contribution >= 0.6 is 0 Å². The summed E-state index contributed by atoms with van der Waals surface area (Å²) >= 11 is 0. The Labute approximate surface area is 125 Å². The Hall–Kier alpha value is -1.95. The monoisotopic (exact) mass is 289 g/mol. The van der Waals surface area contributed by atoms with Gasteiger partial charge in [0.05, 0.1) is 5.69 Å². The smallest absolute Gasteiger partial charge is 0.221 e. The van der Waals surface area contributed by atoms with Crippen LogP contribution in [-0.4, -0.2) is 33.6 Å². The molecule has 0 radical (unpaired) electrons. The second-order valence-electron chi connectivity index (χ2n) is 5.23. The van der Waals surface area contributed by atoms with E-state index in [0.717, 1.165) is 22.6 Å². The molecule has 0 aromatic carbocycles. The van der Waals surface area contributed by atoms with Gasteiger partial charge >= 0.3 is 0 Å². The molecule has 6 nitrogen and oxygen atoms in total. The lowest BCUT2D eigenvalue weighted by Crippen LogP contribution is -2.29. The fourth-order valence-electron chi connectivity index (χ4n) is 2.40. The zero-order valence-electron chi connectivity index (χ0n) is 13.1. The highest BCUT2D eigenvalue weighted by Gasteiger charge is 2.13. The van der Waals surface area contributed by atoms with Gasteiger partial charge in [0.2, 0.25) is 5.91 Å². The Bertz CT molecular complexity index is 634. The normalized spacial score (nSPS) is 12.6. The van der Waals surface area contributed by atoms with Gasteiger partial charge < -0.3 is 10.6 Å². The van der Waals surface area contributed by atoms with E-state index in [1.165, 1.54) is 0 Å². The predicted octanol–water partition coefficient (Wildman–Crippen LogP) is 1.52. The summed E-state index contributed by atoms with van der Waals surface area (Å²) in [4.78, 5) is 15.9. The van der Waals surface area contributed by atoms with Gasteiger partial charge in [-0.3, -0.25) is 4.79 Å². The Kier molecular flexibility index (Phi) is 4.90. The molecule has 2 aromatic rings. The molecule has 1 amide bonds. The molecule has 1 unspecified atom stereocenters. The van der Waals surface area contributed by atoms with Crippen molar-refractivity contribution in [2.45, 2.75) is 40.2 Å². The molecule has 0 aliphatic heterocycles. The molecule has 1 atom stereocenters. The Balaban J connectivity index is 2.04. The highest BCUT2D eigenvalue weighted by atomic mass is 16.1. The summed E-state index contributed by atoms with van der Waals surface area (Å²) in [6.45, 7) is 9.31. The fourth-order valence-corrected chi connectivity index (χ4v) is 2.40. The molecule has 0 fully saturated rings. The molecule has 2 N–H and O–H groups in total. The molecule has 2 aromatic heterocycles. The summed E-state index contributed by atoms with van der Waals surface area (Å²) in [6, 6.07) is 2.09. The number of amides is 1. The summed E-state index contributed by atoms with van der Waals surface area (Å²) < 4.78 is 1.87. The number of fused-ring (bicyclic) bond motifs is 1. The molecule has 0 saturated carbocycles. The van der Waals surface area contributed by atoms with Crippen molar-refractivity contribution in [3.05, 3.63) is 29.2 Å². The number of hydrogen-bond donors (Lipinski definition) is 2. The van der Waals surface area contributed by atoms with E-state index in [1.807, 2.05) is 37.5 Å². The SMILES string of the molecule is CCNC(=O)CCNC(C)c1cnc2cc(C)nn2c1C. The third kappa shape index (κ3) is 3.58. The minimum absolute atomic E-state index is 0.0743. The molecule has 0 spiro atoms. The number of hydrogen-bond acceptors (Lipinski definition) is 4. The summed E-state index contributed by atoms with van der Waals surface area (Å²) in [5.74, 6) is 0.0743. The highest BCUT2D eigenvalue weighted by Crippen LogP contribution is 2.17. The molecule has 6 heteroatoms. The van der Waals surface area contributed by atoms with Gasteiger partial charge in [-0.05, 0) is 27.7 Å². The van der Waals surface area contributed by atoms with Crippen LogP contribution in [0.3, 0.4) is 0 Å². The second kappa shape index (κ2) is 6.67. The Morgan fingerprint density at radius 1 is 1.43 bits per heavy atom. The van der Waals surface area contributed by atoms with E-state index in [2.05, 4.69) is 27.6 Å². The molecule has 2 heterocycles. The Morgan fingerprint density at radius 3 is 2.90 bits per heavy atom. The van der Waals surface area contributed by atoms with Crippen molar-refractivity contribution in [1.29, 1.82) is 0 Å². The molecule has 2 rings (SSSR count). The van der Waals surface area contributed by atoms with Gasteiger partial charge in [0.25, 0.3) is 0 Å². The lowest BCUT2D eigenvalue weighted by atomic mass is 10.1. The van der Waals surface area contributed by atoms with Crippen LogP contribution < -0.4 is 10.6 Å². The van der Waals surface area contributed by atoms with Gasteiger partial charge in [-0.2, -0.15) is 5.10 Å². The first-order chi connectivity index (χ1) is 10.0. The number of nitrogens with zero attached hydrogens (tertiary/aromatic N) is 3. The van der Waals surface area contributed by atoms with Gasteiger partial charge in [-0.15, -0.1) is 0 Å². The van der Waals surface area contributed by atoms with Crippen molar-refractivity contribution in [3.8, 4) is 0 Å². The third-order valence-corrected chi connectivity index (χ3v) is 3.53. The van der Waals surface area contributed by atoms with Crippen LogP contribution in [-0.2, 0) is 4.79 Å². The molecule has 0 saturated heterocycles. The van der Waals surface area contributed by atoms with Crippen molar-refractivity contribution in [3.63, 3.8) is 0 Å². The predicted molar refractivity (Wildman–Crippen MR) is 82.2 cm³/mol. The van der Waals surface area contributed by atoms with E-state index >= 15 is 0 Å². The van der Waals surface area contributed by atoms with E-state index in [-0.39, 0.29) is 11.9 Å². The van der Waals surface area contributed by atoms with Gasteiger partial charge in [-0.25, -0.2) is 9.50 Å². The van der Waals surface area contributed by atoms with Crippen LogP contribution in [0.4, 0.5) is 0 Å². The maximum atomic E-state index is 11.4. The van der Waals surface area contributed by atoms with Crippen molar-refractivity contribution in [1.82, 2.24) is 25.2 Å². The van der Waals surface area contributed by atoms with E-state index in [4.69, 9.17) is 0 Å². The van der Waals surface area contributed by atoms with Crippen LogP contribution in [0.15, 0.2) is 12.3 Å². The van der Waals surface area contributed by atoms with Crippen molar-refractivity contribution in [2.24, 2.45) is 0 Å². The standard InChI is InChI=1S/C15H23N5O/c1-5-16-15(21)6-7-17-11(3)13-9-18-14-8-10(2)19-20(14)12(13)4/h8-9,11,17H,5-7H2,1-4H3,(H,16,21). The number of carbonyl (C=O) groups excluding carboxylic acids is 1. The maximum Gasteiger partial charge on any atom is 0.221 e. The summed E-state index contributed by atoms with van der Waals surface area (Å²) in [7, 11) is 0. The van der Waals surface area contributed by atoms with Crippen molar-refractivity contribution < 1.29 is 4.79 Å². The van der Waals surface area contributed by atoms with Crippen LogP contribution in [0.5, 0.6) is 0 Å². The number of carbonyl (C=O) groups is 1. The number of rotatable bonds is 6. The molecule has 114 valence electrons. The lowest BCUT2D eigenvalue weighted by molar-refractivity contribution is -0.120. The topological polar surface area (TPSA) is 71.3 Å². The quantitative estimate of drug-likeness (QED) is 0.846. The minimum Gasteiger partial charge on any atom is -0.356 e. The zero-order valence-corrected chi connectivity index (χ0v) is 13.1. The summed E-state index contributed by atoms with van der Waals surface area (Å²) in [5, 5.41) is 10.6. The molecular formula is C15H23N5O. The van der Waals surface area contributed by atoms with Crippen LogP contribution in [0, 0.1) is 13.8 Å². The molecule has 0 aliphatic rings. The maximum absolute atomic E-state index is 11.4. The second-order valence-corrected chi connectivity index (χ2v) is 5.23. The number of aryl methyl sites for hydroxylation is 2. The zero-order chi connectivity index (χ0) is 15.4. The van der Waals surface area contributed by atoms with E-state index in [1.54, 1.807) is 0 Å². The van der Waals surface area contributed by atoms with Crippen molar-refractivity contribution in [2.75, 3.05) is 13.1 Å². The van der Waals surface area contributed by atoms with Crippen LogP contribution in [0.25, 0.3) is 5.65 Å². The molecular weight excluding hydrogens is 266 g/mol. The molecule has 0 aliphatic carbocycles. The van der Waals surface area contributed by atoms with Crippen LogP contribution in [0.1, 0.15) is 43.3 Å². The van der Waals surface area contributed by atoms with Crippen LogP contribution in [0.2, 0.25) is 0 Å². The first-order valence-electron chi connectivity index (χ1n) is 7.35. The van der Waals surface area contributed by atoms with Gasteiger partial charge in [0.1, 0.15) is 0 Å². The molecule has 21 heavy (non-hydrogen) atoms. The van der Waals surface area contributed by atoms with E-state index in [9.17, 15) is 4.79 Å². The summed E-state index contributed by atoms with van der Waals surface area (Å²) in [5.41, 5.74) is 4.00. The largest absolute Gasteiger partial charge is 0.356 e. The third-order valence-electron chi connectivity index (χ3n) is 3.53. The lowest BCUT2D eigenvalue weighted by Gasteiger charge is -2.16. The first kappa shape index (κ1) is 15.4. The van der Waals surface area contributed by atoms with Crippen molar-refractivity contribution >= 4 is 11.6 Å². The van der Waals surface area contributed by atoms with Gasteiger partial charge in [-0.1, -0.05) is 0 Å². The molecule has 0 bridgehead atoms. The fraction of sp³-hybridized carbons (Fsp3) is 0.533. The minimum atomic E-state index is 0.0743. The van der Waals surface area contributed by atoms with E-state index < -0.39 is 0 Å². The van der Waals surface area contributed by atoms with E-state index in [0.29, 0.717) is 19.5 Å². The van der Waals surface area contributed by atoms with Gasteiger partial charge in [0, 0.05) is 49.1 Å². The average Bonchev–Trinajstić information content (AvgIpc) is 2.81. The first-order valence-corrected chi connectivity index (χ1v) is 7.35. The average molecular weight is 289 g/mol. The number of aromatic nitrogens is 3. The number of nitrogens with one attached hydrogen (secondary N) is 2. The Morgan fingerprint density at radius 2 is 2.19 bits per heavy atom. The summed E-state index contributed by atoms with van der Waals surface area (Å²) in [6.07, 6.45) is 2.36. The highest BCUT2D eigenvalue weighted by molar-refractivity contribution is 5.75. The van der Waals surface area contributed by atoms with Gasteiger partial charge in [0.15, 0.2) is 5.65 Å².